The lowest BCUT2D eigenvalue weighted by atomic mass is 10.3. The minimum Gasteiger partial charge on any atom is -0.352 e. The molecular weight excluding hydrogens is 237 g/mol. The highest BCUT2D eigenvalue weighted by atomic mass is 19.1. The van der Waals surface area contributed by atoms with Gasteiger partial charge in [-0.15, -0.1) is 0 Å². The highest BCUT2D eigenvalue weighted by molar-refractivity contribution is 5.80. The summed E-state index contributed by atoms with van der Waals surface area (Å²) in [5, 5.41) is 2.70. The number of carbonyl (C=O) groups excluding carboxylic acids is 1. The number of halogens is 1. The molecule has 0 aliphatic heterocycles. The first-order valence-electron chi connectivity index (χ1n) is 5.65. The van der Waals surface area contributed by atoms with Gasteiger partial charge in [-0.25, -0.2) is 9.18 Å². The van der Waals surface area contributed by atoms with Crippen molar-refractivity contribution < 1.29 is 9.18 Å². The van der Waals surface area contributed by atoms with E-state index >= 15 is 0 Å². The number of aromatic amines is 1. The number of imidazole rings is 1. The first kappa shape index (κ1) is 12.3. The smallest absolute Gasteiger partial charge is 0.326 e. The highest BCUT2D eigenvalue weighted by Gasteiger charge is 2.11. The third-order valence-corrected chi connectivity index (χ3v) is 2.49. The first-order chi connectivity index (χ1) is 8.47. The molecule has 18 heavy (non-hydrogen) atoms. The standard InChI is InChI=1S/C12H14FN3O2/c1-7(2)14-11(17)6-16-10-4-3-8(13)5-9(10)15-12(16)18/h3-5,7H,6H2,1-2H3,(H,14,17)(H,15,18). The van der Waals surface area contributed by atoms with Crippen LogP contribution in [-0.4, -0.2) is 21.5 Å². The summed E-state index contributed by atoms with van der Waals surface area (Å²) in [4.78, 5) is 25.8. The average Bonchev–Trinajstić information content (AvgIpc) is 2.53. The zero-order valence-electron chi connectivity index (χ0n) is 10.2. The number of H-pyrrole nitrogens is 1. The number of rotatable bonds is 3. The van der Waals surface area contributed by atoms with Gasteiger partial charge in [0, 0.05) is 6.04 Å². The summed E-state index contributed by atoms with van der Waals surface area (Å²) in [5.41, 5.74) is 0.479. The van der Waals surface area contributed by atoms with Gasteiger partial charge in [0.2, 0.25) is 5.91 Å². The molecule has 5 nitrogen and oxygen atoms in total. The minimum absolute atomic E-state index is 0.0100. The zero-order valence-corrected chi connectivity index (χ0v) is 10.2. The lowest BCUT2D eigenvalue weighted by Gasteiger charge is -2.08. The summed E-state index contributed by atoms with van der Waals surface area (Å²) >= 11 is 0. The van der Waals surface area contributed by atoms with Gasteiger partial charge in [0.1, 0.15) is 12.4 Å². The number of nitrogens with zero attached hydrogens (tertiary/aromatic N) is 1. The third kappa shape index (κ3) is 2.42. The molecule has 0 bridgehead atoms. The van der Waals surface area contributed by atoms with E-state index in [0.29, 0.717) is 11.0 Å². The molecule has 1 aromatic heterocycles. The van der Waals surface area contributed by atoms with E-state index in [0.717, 1.165) is 0 Å². The van der Waals surface area contributed by atoms with E-state index in [-0.39, 0.29) is 18.5 Å². The van der Waals surface area contributed by atoms with Crippen LogP contribution in [0.25, 0.3) is 11.0 Å². The molecule has 1 aromatic carbocycles. The molecule has 0 aliphatic rings. The van der Waals surface area contributed by atoms with Crippen LogP contribution in [0.2, 0.25) is 0 Å². The van der Waals surface area contributed by atoms with E-state index < -0.39 is 11.5 Å². The predicted molar refractivity (Wildman–Crippen MR) is 65.8 cm³/mol. The van der Waals surface area contributed by atoms with Gasteiger partial charge in [0.05, 0.1) is 11.0 Å². The summed E-state index contributed by atoms with van der Waals surface area (Å²) in [6.45, 7) is 3.60. The summed E-state index contributed by atoms with van der Waals surface area (Å²) in [6.07, 6.45) is 0. The molecule has 0 spiro atoms. The molecular formula is C12H14FN3O2. The van der Waals surface area contributed by atoms with Crippen LogP contribution in [0.15, 0.2) is 23.0 Å². The maximum Gasteiger partial charge on any atom is 0.326 e. The van der Waals surface area contributed by atoms with Crippen LogP contribution in [0, 0.1) is 5.82 Å². The molecule has 0 saturated heterocycles. The Kier molecular flexibility index (Phi) is 3.18. The molecule has 0 saturated carbocycles. The van der Waals surface area contributed by atoms with Crippen molar-refractivity contribution >= 4 is 16.9 Å². The second-order valence-corrected chi connectivity index (χ2v) is 4.40. The van der Waals surface area contributed by atoms with Crippen LogP contribution in [0.4, 0.5) is 4.39 Å². The summed E-state index contributed by atoms with van der Waals surface area (Å²) in [6, 6.07) is 3.97. The Hall–Kier alpha value is -2.11. The van der Waals surface area contributed by atoms with Gasteiger partial charge in [0.25, 0.3) is 0 Å². The first-order valence-corrected chi connectivity index (χ1v) is 5.65. The average molecular weight is 251 g/mol. The molecule has 0 radical (unpaired) electrons. The van der Waals surface area contributed by atoms with Gasteiger partial charge in [-0.3, -0.25) is 9.36 Å². The Morgan fingerprint density at radius 3 is 2.89 bits per heavy atom. The number of aromatic nitrogens is 2. The van der Waals surface area contributed by atoms with Crippen LogP contribution >= 0.6 is 0 Å². The van der Waals surface area contributed by atoms with Gasteiger partial charge in [-0.1, -0.05) is 0 Å². The second-order valence-electron chi connectivity index (χ2n) is 4.40. The molecule has 1 amide bonds. The van der Waals surface area contributed by atoms with Gasteiger partial charge in [-0.05, 0) is 32.0 Å². The summed E-state index contributed by atoms with van der Waals surface area (Å²) in [5.74, 6) is -0.681. The van der Waals surface area contributed by atoms with E-state index in [1.807, 2.05) is 13.8 Å². The van der Waals surface area contributed by atoms with Crippen molar-refractivity contribution in [3.63, 3.8) is 0 Å². The predicted octanol–water partition coefficient (Wildman–Crippen LogP) is 0.993. The fourth-order valence-corrected chi connectivity index (χ4v) is 1.80. The van der Waals surface area contributed by atoms with Gasteiger partial charge in [0.15, 0.2) is 0 Å². The van der Waals surface area contributed by atoms with Gasteiger partial charge >= 0.3 is 5.69 Å². The number of fused-ring (bicyclic) bond motifs is 1. The number of benzene rings is 1. The van der Waals surface area contributed by atoms with Crippen LogP contribution in [0.3, 0.4) is 0 Å². The minimum atomic E-state index is -0.428. The van der Waals surface area contributed by atoms with E-state index in [4.69, 9.17) is 0 Å². The summed E-state index contributed by atoms with van der Waals surface area (Å²) in [7, 11) is 0. The second kappa shape index (κ2) is 4.64. The largest absolute Gasteiger partial charge is 0.352 e. The zero-order chi connectivity index (χ0) is 13.3. The fourth-order valence-electron chi connectivity index (χ4n) is 1.80. The number of nitrogens with one attached hydrogen (secondary N) is 2. The molecule has 2 N–H and O–H groups in total. The molecule has 0 fully saturated rings. The normalized spacial score (nSPS) is 11.1. The van der Waals surface area contributed by atoms with Gasteiger partial charge in [-0.2, -0.15) is 0 Å². The molecule has 2 rings (SSSR count). The molecule has 2 aromatic rings. The van der Waals surface area contributed by atoms with E-state index in [1.54, 1.807) is 0 Å². The highest BCUT2D eigenvalue weighted by Crippen LogP contribution is 2.11. The van der Waals surface area contributed by atoms with Crippen molar-refractivity contribution in [1.29, 1.82) is 0 Å². The van der Waals surface area contributed by atoms with Crippen molar-refractivity contribution in [1.82, 2.24) is 14.9 Å². The molecule has 1 heterocycles. The van der Waals surface area contributed by atoms with E-state index in [9.17, 15) is 14.0 Å². The number of carbonyl (C=O) groups is 1. The van der Waals surface area contributed by atoms with Crippen LogP contribution in [-0.2, 0) is 11.3 Å². The van der Waals surface area contributed by atoms with E-state index in [1.165, 1.54) is 22.8 Å². The Morgan fingerprint density at radius 1 is 1.50 bits per heavy atom. The third-order valence-electron chi connectivity index (χ3n) is 2.49. The number of amides is 1. The Morgan fingerprint density at radius 2 is 2.22 bits per heavy atom. The topological polar surface area (TPSA) is 66.9 Å². The van der Waals surface area contributed by atoms with Crippen molar-refractivity contribution in [2.45, 2.75) is 26.4 Å². The maximum absolute atomic E-state index is 13.0. The van der Waals surface area contributed by atoms with Crippen molar-refractivity contribution in [2.75, 3.05) is 0 Å². The van der Waals surface area contributed by atoms with Crippen LogP contribution < -0.4 is 11.0 Å². The molecule has 0 atom stereocenters. The van der Waals surface area contributed by atoms with Crippen molar-refractivity contribution in [2.24, 2.45) is 0 Å². The monoisotopic (exact) mass is 251 g/mol. The molecule has 0 aliphatic carbocycles. The van der Waals surface area contributed by atoms with Gasteiger partial charge < -0.3 is 10.3 Å². The van der Waals surface area contributed by atoms with Crippen LogP contribution in [0.1, 0.15) is 13.8 Å². The Balaban J connectivity index is 2.36. The number of hydrogen-bond acceptors (Lipinski definition) is 2. The molecule has 6 heteroatoms. The quantitative estimate of drug-likeness (QED) is 0.854. The van der Waals surface area contributed by atoms with Crippen molar-refractivity contribution in [3.05, 3.63) is 34.5 Å². The lowest BCUT2D eigenvalue weighted by Crippen LogP contribution is -2.35. The fraction of sp³-hybridized carbons (Fsp3) is 0.333. The Bertz CT molecular complexity index is 642. The molecule has 0 unspecified atom stereocenters. The summed E-state index contributed by atoms with van der Waals surface area (Å²) < 4.78 is 14.3. The molecule has 96 valence electrons. The number of hydrogen-bond donors (Lipinski definition) is 2. The van der Waals surface area contributed by atoms with Crippen molar-refractivity contribution in [3.8, 4) is 0 Å². The Labute approximate surface area is 103 Å². The maximum atomic E-state index is 13.0. The lowest BCUT2D eigenvalue weighted by molar-refractivity contribution is -0.122. The van der Waals surface area contributed by atoms with Crippen LogP contribution in [0.5, 0.6) is 0 Å². The van der Waals surface area contributed by atoms with E-state index in [2.05, 4.69) is 10.3 Å². The SMILES string of the molecule is CC(C)NC(=O)Cn1c(=O)[nH]c2cc(F)ccc21.